The first-order valence-electron chi connectivity index (χ1n) is 7.83. The molecule has 0 saturated carbocycles. The number of imidazole rings is 1. The topological polar surface area (TPSA) is 99.5 Å². The number of carboxylic acid groups (broad SMARTS) is 1. The molecule has 128 valence electrons. The molecule has 2 heterocycles. The van der Waals surface area contributed by atoms with E-state index in [-0.39, 0.29) is 17.2 Å². The number of aromatic nitrogens is 2. The van der Waals surface area contributed by atoms with Crippen LogP contribution in [0.5, 0.6) is 5.75 Å². The highest BCUT2D eigenvalue weighted by atomic mass is 16.4. The number of rotatable bonds is 4. The normalized spacial score (nSPS) is 11.7. The third kappa shape index (κ3) is 3.21. The standard InChI is InChI=1S/C18H18N4O3/c1-10(2)16-17(22-9-11(3)4-7-15(22)19-16)21-20-12-5-6-14(23)13(8-12)18(24)25/h4-10,23H,1-3H3,(H,24,25). The van der Waals surface area contributed by atoms with E-state index in [9.17, 15) is 9.90 Å². The van der Waals surface area contributed by atoms with Crippen molar-refractivity contribution < 1.29 is 15.0 Å². The van der Waals surface area contributed by atoms with Crippen LogP contribution in [0.4, 0.5) is 11.5 Å². The zero-order valence-electron chi connectivity index (χ0n) is 14.1. The average Bonchev–Trinajstić information content (AvgIpc) is 2.92. The number of carboxylic acids is 1. The summed E-state index contributed by atoms with van der Waals surface area (Å²) in [4.78, 5) is 15.7. The highest BCUT2D eigenvalue weighted by molar-refractivity contribution is 5.91. The number of benzene rings is 1. The summed E-state index contributed by atoms with van der Waals surface area (Å²) in [5, 5.41) is 27.1. The Morgan fingerprint density at radius 3 is 2.64 bits per heavy atom. The van der Waals surface area contributed by atoms with Crippen LogP contribution in [0.15, 0.2) is 46.8 Å². The number of aryl methyl sites for hydroxylation is 1. The van der Waals surface area contributed by atoms with Gasteiger partial charge in [-0.1, -0.05) is 19.9 Å². The summed E-state index contributed by atoms with van der Waals surface area (Å²) in [6, 6.07) is 7.98. The third-order valence-corrected chi connectivity index (χ3v) is 3.78. The molecule has 2 aromatic heterocycles. The molecule has 7 heteroatoms. The van der Waals surface area contributed by atoms with Crippen LogP contribution in [0.1, 0.15) is 41.4 Å². The van der Waals surface area contributed by atoms with Gasteiger partial charge in [-0.05, 0) is 42.7 Å². The van der Waals surface area contributed by atoms with Crippen molar-refractivity contribution in [2.45, 2.75) is 26.7 Å². The van der Waals surface area contributed by atoms with Gasteiger partial charge in [0.05, 0.1) is 11.4 Å². The molecule has 2 N–H and O–H groups in total. The van der Waals surface area contributed by atoms with Crippen molar-refractivity contribution in [3.63, 3.8) is 0 Å². The molecule has 0 bridgehead atoms. The van der Waals surface area contributed by atoms with Crippen molar-refractivity contribution in [1.82, 2.24) is 9.38 Å². The van der Waals surface area contributed by atoms with Crippen LogP contribution in [0.2, 0.25) is 0 Å². The monoisotopic (exact) mass is 338 g/mol. The maximum absolute atomic E-state index is 11.1. The van der Waals surface area contributed by atoms with Gasteiger partial charge in [-0.2, -0.15) is 0 Å². The lowest BCUT2D eigenvalue weighted by molar-refractivity contribution is 0.0694. The van der Waals surface area contributed by atoms with Crippen molar-refractivity contribution in [3.05, 3.63) is 53.3 Å². The minimum absolute atomic E-state index is 0.156. The number of hydrogen-bond acceptors (Lipinski definition) is 5. The summed E-state index contributed by atoms with van der Waals surface area (Å²) < 4.78 is 1.87. The summed E-state index contributed by atoms with van der Waals surface area (Å²) in [6.45, 7) is 6.03. The van der Waals surface area contributed by atoms with Gasteiger partial charge < -0.3 is 10.2 Å². The van der Waals surface area contributed by atoms with E-state index in [4.69, 9.17) is 5.11 Å². The predicted octanol–water partition coefficient (Wildman–Crippen LogP) is 4.59. The van der Waals surface area contributed by atoms with E-state index in [1.54, 1.807) is 0 Å². The third-order valence-electron chi connectivity index (χ3n) is 3.78. The smallest absolute Gasteiger partial charge is 0.339 e. The van der Waals surface area contributed by atoms with E-state index < -0.39 is 5.97 Å². The molecule has 7 nitrogen and oxygen atoms in total. The zero-order chi connectivity index (χ0) is 18.1. The molecule has 0 amide bonds. The first kappa shape index (κ1) is 16.6. The second-order valence-electron chi connectivity index (χ2n) is 6.12. The fraction of sp³-hybridized carbons (Fsp3) is 0.222. The van der Waals surface area contributed by atoms with E-state index in [0.717, 1.165) is 16.9 Å². The van der Waals surface area contributed by atoms with Gasteiger partial charge in [0, 0.05) is 6.20 Å². The van der Waals surface area contributed by atoms with Gasteiger partial charge in [0.25, 0.3) is 0 Å². The summed E-state index contributed by atoms with van der Waals surface area (Å²) in [7, 11) is 0. The lowest BCUT2D eigenvalue weighted by atomic mass is 10.1. The highest BCUT2D eigenvalue weighted by Crippen LogP contribution is 2.30. The summed E-state index contributed by atoms with van der Waals surface area (Å²) in [5.74, 6) is -0.759. The molecule has 0 unspecified atom stereocenters. The molecule has 3 aromatic rings. The lowest BCUT2D eigenvalue weighted by Crippen LogP contribution is -1.95. The number of fused-ring (bicyclic) bond motifs is 1. The Balaban J connectivity index is 2.09. The first-order valence-corrected chi connectivity index (χ1v) is 7.83. The van der Waals surface area contributed by atoms with Crippen molar-refractivity contribution in [1.29, 1.82) is 0 Å². The molecule has 0 aliphatic heterocycles. The highest BCUT2D eigenvalue weighted by Gasteiger charge is 2.15. The number of nitrogens with zero attached hydrogens (tertiary/aromatic N) is 4. The van der Waals surface area contributed by atoms with Crippen LogP contribution in [0, 0.1) is 6.92 Å². The maximum atomic E-state index is 11.1. The Hall–Kier alpha value is -3.22. The van der Waals surface area contributed by atoms with E-state index in [1.807, 2.05) is 43.5 Å². The molecule has 0 atom stereocenters. The van der Waals surface area contributed by atoms with E-state index in [1.165, 1.54) is 18.2 Å². The van der Waals surface area contributed by atoms with Crippen LogP contribution in [0.3, 0.4) is 0 Å². The molecular weight excluding hydrogens is 320 g/mol. The number of aromatic carboxylic acids is 1. The number of pyridine rings is 1. The largest absolute Gasteiger partial charge is 0.507 e. The zero-order valence-corrected chi connectivity index (χ0v) is 14.1. The second-order valence-corrected chi connectivity index (χ2v) is 6.12. The number of aromatic hydroxyl groups is 1. The minimum atomic E-state index is -1.22. The SMILES string of the molecule is Cc1ccc2nc(C(C)C)c(N=Nc3ccc(O)c(C(=O)O)c3)n2c1. The van der Waals surface area contributed by atoms with E-state index >= 15 is 0 Å². The van der Waals surface area contributed by atoms with Crippen LogP contribution < -0.4 is 0 Å². The van der Waals surface area contributed by atoms with Gasteiger partial charge in [0.2, 0.25) is 0 Å². The van der Waals surface area contributed by atoms with E-state index in [2.05, 4.69) is 15.2 Å². The first-order chi connectivity index (χ1) is 11.9. The van der Waals surface area contributed by atoms with Gasteiger partial charge >= 0.3 is 5.97 Å². The van der Waals surface area contributed by atoms with Gasteiger partial charge in [-0.25, -0.2) is 9.78 Å². The Labute approximate surface area is 144 Å². The fourth-order valence-electron chi connectivity index (χ4n) is 2.51. The average molecular weight is 338 g/mol. The molecule has 0 fully saturated rings. The second kappa shape index (κ2) is 6.35. The van der Waals surface area contributed by atoms with Crippen molar-refractivity contribution in [2.75, 3.05) is 0 Å². The molecule has 0 radical (unpaired) electrons. The molecule has 0 spiro atoms. The van der Waals surface area contributed by atoms with Gasteiger partial charge in [0.15, 0.2) is 5.82 Å². The maximum Gasteiger partial charge on any atom is 0.339 e. The molecule has 25 heavy (non-hydrogen) atoms. The summed E-state index contributed by atoms with van der Waals surface area (Å²) in [6.07, 6.45) is 1.93. The molecule has 1 aromatic carbocycles. The lowest BCUT2D eigenvalue weighted by Gasteiger charge is -2.03. The van der Waals surface area contributed by atoms with Gasteiger partial charge in [0.1, 0.15) is 17.0 Å². The fourth-order valence-corrected chi connectivity index (χ4v) is 2.51. The molecule has 0 saturated heterocycles. The summed E-state index contributed by atoms with van der Waals surface area (Å²) in [5.41, 5.74) is 2.78. The number of carbonyl (C=O) groups is 1. The number of azo groups is 1. The predicted molar refractivity (Wildman–Crippen MR) is 93.3 cm³/mol. The van der Waals surface area contributed by atoms with Crippen molar-refractivity contribution in [2.24, 2.45) is 10.2 Å². The summed E-state index contributed by atoms with van der Waals surface area (Å²) >= 11 is 0. The van der Waals surface area contributed by atoms with Crippen LogP contribution in [0.25, 0.3) is 5.65 Å². The van der Waals surface area contributed by atoms with Gasteiger partial charge in [-0.15, -0.1) is 10.2 Å². The van der Waals surface area contributed by atoms with Crippen molar-refractivity contribution >= 4 is 23.1 Å². The van der Waals surface area contributed by atoms with Crippen LogP contribution in [-0.2, 0) is 0 Å². The molecule has 0 aliphatic carbocycles. The Morgan fingerprint density at radius 1 is 1.20 bits per heavy atom. The Kier molecular flexibility index (Phi) is 4.22. The molecule has 3 rings (SSSR count). The van der Waals surface area contributed by atoms with Gasteiger partial charge in [-0.3, -0.25) is 4.40 Å². The quantitative estimate of drug-likeness (QED) is 0.680. The Morgan fingerprint density at radius 2 is 1.96 bits per heavy atom. The van der Waals surface area contributed by atoms with Crippen LogP contribution >= 0.6 is 0 Å². The number of phenols is 1. The minimum Gasteiger partial charge on any atom is -0.507 e. The number of hydrogen-bond donors (Lipinski definition) is 2. The molecular formula is C18H18N4O3. The van der Waals surface area contributed by atoms with Crippen LogP contribution in [-0.4, -0.2) is 25.6 Å². The molecule has 0 aliphatic rings. The van der Waals surface area contributed by atoms with Crippen molar-refractivity contribution in [3.8, 4) is 5.75 Å². The Bertz CT molecular complexity index is 989. The van der Waals surface area contributed by atoms with E-state index in [0.29, 0.717) is 11.5 Å².